The van der Waals surface area contributed by atoms with Crippen LogP contribution in [0.1, 0.15) is 6.92 Å². The average Bonchev–Trinajstić information content (AvgIpc) is 3.17. The predicted molar refractivity (Wildman–Crippen MR) is 106 cm³/mol. The molecule has 3 aromatic rings. The van der Waals surface area contributed by atoms with E-state index in [4.69, 9.17) is 9.47 Å². The number of aromatic nitrogens is 1. The standard InChI is InChI=1S/C19H17N3O5S/c1-12(27-17-9-8-14(26-2)10-16(17)22(24)25)18(23)21-19-20-15(11-28-19)13-6-4-3-5-7-13/h3-12H,1-2H3,(H,20,21,23)/t12-/m1/s1. The summed E-state index contributed by atoms with van der Waals surface area (Å²) < 4.78 is 10.5. The maximum Gasteiger partial charge on any atom is 0.314 e. The zero-order valence-corrected chi connectivity index (χ0v) is 15.9. The smallest absolute Gasteiger partial charge is 0.314 e. The molecule has 0 unspecified atom stereocenters. The third kappa shape index (κ3) is 4.44. The quantitative estimate of drug-likeness (QED) is 0.473. The number of nitrogens with one attached hydrogen (secondary N) is 1. The van der Waals surface area contributed by atoms with E-state index in [9.17, 15) is 14.9 Å². The Kier molecular flexibility index (Phi) is 5.85. The van der Waals surface area contributed by atoms with Crippen LogP contribution < -0.4 is 14.8 Å². The molecule has 9 heteroatoms. The Labute approximate surface area is 164 Å². The second-order valence-electron chi connectivity index (χ2n) is 5.74. The van der Waals surface area contributed by atoms with Crippen LogP contribution in [0.25, 0.3) is 11.3 Å². The van der Waals surface area contributed by atoms with Gasteiger partial charge in [-0.2, -0.15) is 0 Å². The van der Waals surface area contributed by atoms with Gasteiger partial charge in [0.2, 0.25) is 0 Å². The molecule has 0 bridgehead atoms. The molecule has 1 amide bonds. The molecule has 1 heterocycles. The Morgan fingerprint density at radius 1 is 1.25 bits per heavy atom. The Hall–Kier alpha value is -3.46. The van der Waals surface area contributed by atoms with E-state index in [0.717, 1.165) is 11.3 Å². The summed E-state index contributed by atoms with van der Waals surface area (Å²) in [7, 11) is 1.41. The Morgan fingerprint density at radius 3 is 2.68 bits per heavy atom. The lowest BCUT2D eigenvalue weighted by Crippen LogP contribution is -2.30. The van der Waals surface area contributed by atoms with Crippen LogP contribution in [0.5, 0.6) is 11.5 Å². The number of nitrogens with zero attached hydrogens (tertiary/aromatic N) is 2. The summed E-state index contributed by atoms with van der Waals surface area (Å²) in [6.45, 7) is 1.51. The van der Waals surface area contributed by atoms with Crippen LogP contribution in [0.3, 0.4) is 0 Å². The molecule has 0 aliphatic carbocycles. The zero-order valence-electron chi connectivity index (χ0n) is 15.1. The topological polar surface area (TPSA) is 104 Å². The molecule has 1 aromatic heterocycles. The van der Waals surface area contributed by atoms with Gasteiger partial charge in [-0.3, -0.25) is 20.2 Å². The Bertz CT molecular complexity index is 990. The number of anilines is 1. The minimum atomic E-state index is -0.962. The van der Waals surface area contributed by atoms with Gasteiger partial charge in [0.1, 0.15) is 5.75 Å². The summed E-state index contributed by atoms with van der Waals surface area (Å²) in [4.78, 5) is 27.4. The van der Waals surface area contributed by atoms with Crippen molar-refractivity contribution in [3.63, 3.8) is 0 Å². The summed E-state index contributed by atoms with van der Waals surface area (Å²) >= 11 is 1.29. The van der Waals surface area contributed by atoms with Gasteiger partial charge in [0.25, 0.3) is 5.91 Å². The van der Waals surface area contributed by atoms with Crippen molar-refractivity contribution < 1.29 is 19.2 Å². The van der Waals surface area contributed by atoms with E-state index < -0.39 is 16.9 Å². The number of hydrogen-bond donors (Lipinski definition) is 1. The number of benzene rings is 2. The lowest BCUT2D eigenvalue weighted by Gasteiger charge is -2.14. The summed E-state index contributed by atoms with van der Waals surface area (Å²) in [5.41, 5.74) is 1.41. The highest BCUT2D eigenvalue weighted by Gasteiger charge is 2.22. The van der Waals surface area contributed by atoms with Gasteiger partial charge in [-0.25, -0.2) is 4.98 Å². The van der Waals surface area contributed by atoms with E-state index in [1.54, 1.807) is 0 Å². The molecule has 0 saturated heterocycles. The number of thiazole rings is 1. The van der Waals surface area contributed by atoms with Crippen molar-refractivity contribution in [2.24, 2.45) is 0 Å². The second kappa shape index (κ2) is 8.49. The van der Waals surface area contributed by atoms with Crippen molar-refractivity contribution in [2.45, 2.75) is 13.0 Å². The van der Waals surface area contributed by atoms with Gasteiger partial charge >= 0.3 is 5.69 Å². The molecule has 0 saturated carbocycles. The SMILES string of the molecule is COc1ccc(O[C@H](C)C(=O)Nc2nc(-c3ccccc3)cs2)c([N+](=O)[O-])c1. The molecular formula is C19H17N3O5S. The number of carbonyl (C=O) groups excluding carboxylic acids is 1. The Morgan fingerprint density at radius 2 is 2.00 bits per heavy atom. The van der Waals surface area contributed by atoms with Crippen LogP contribution in [0.15, 0.2) is 53.9 Å². The van der Waals surface area contributed by atoms with Gasteiger partial charge in [-0.15, -0.1) is 11.3 Å². The highest BCUT2D eigenvalue weighted by atomic mass is 32.1. The maximum absolute atomic E-state index is 12.4. The first-order valence-corrected chi connectivity index (χ1v) is 9.17. The van der Waals surface area contributed by atoms with Crippen LogP contribution in [0.4, 0.5) is 10.8 Å². The number of rotatable bonds is 7. The fourth-order valence-corrected chi connectivity index (χ4v) is 3.11. The fraction of sp³-hybridized carbons (Fsp3) is 0.158. The summed E-state index contributed by atoms with van der Waals surface area (Å²) in [6.07, 6.45) is -0.962. The largest absolute Gasteiger partial charge is 0.496 e. The number of nitro benzene ring substituents is 1. The summed E-state index contributed by atoms with van der Waals surface area (Å²) in [6, 6.07) is 13.8. The third-order valence-electron chi connectivity index (χ3n) is 3.84. The molecule has 144 valence electrons. The van der Waals surface area contributed by atoms with Gasteiger partial charge in [0, 0.05) is 10.9 Å². The second-order valence-corrected chi connectivity index (χ2v) is 6.60. The van der Waals surface area contributed by atoms with Gasteiger partial charge in [0.15, 0.2) is 17.0 Å². The fourth-order valence-electron chi connectivity index (χ4n) is 2.39. The normalized spacial score (nSPS) is 11.5. The van der Waals surface area contributed by atoms with E-state index in [0.29, 0.717) is 10.9 Å². The first-order valence-electron chi connectivity index (χ1n) is 8.29. The highest BCUT2D eigenvalue weighted by molar-refractivity contribution is 7.14. The van der Waals surface area contributed by atoms with Crippen molar-refractivity contribution >= 4 is 28.1 Å². The molecule has 8 nitrogen and oxygen atoms in total. The molecule has 1 atom stereocenters. The van der Waals surface area contributed by atoms with Gasteiger partial charge in [0.05, 0.1) is 23.8 Å². The third-order valence-corrected chi connectivity index (χ3v) is 4.60. The van der Waals surface area contributed by atoms with Gasteiger partial charge < -0.3 is 9.47 Å². The maximum atomic E-state index is 12.4. The monoisotopic (exact) mass is 399 g/mol. The number of hydrogen-bond acceptors (Lipinski definition) is 7. The molecule has 2 aromatic carbocycles. The first-order chi connectivity index (χ1) is 13.5. The van der Waals surface area contributed by atoms with E-state index >= 15 is 0 Å². The summed E-state index contributed by atoms with van der Waals surface area (Å²) in [5, 5.41) is 16.2. The van der Waals surface area contributed by atoms with E-state index in [2.05, 4.69) is 10.3 Å². The van der Waals surface area contributed by atoms with Crippen molar-refractivity contribution in [3.05, 3.63) is 64.0 Å². The van der Waals surface area contributed by atoms with Crippen molar-refractivity contribution in [1.82, 2.24) is 4.98 Å². The van der Waals surface area contributed by atoms with Crippen molar-refractivity contribution in [2.75, 3.05) is 12.4 Å². The van der Waals surface area contributed by atoms with Crippen LogP contribution in [0, 0.1) is 10.1 Å². The minimum Gasteiger partial charge on any atom is -0.496 e. The average molecular weight is 399 g/mol. The van der Waals surface area contributed by atoms with Crippen molar-refractivity contribution in [3.8, 4) is 22.8 Å². The Balaban J connectivity index is 1.69. The van der Waals surface area contributed by atoms with E-state index in [1.807, 2.05) is 35.7 Å². The van der Waals surface area contributed by atoms with Gasteiger partial charge in [-0.05, 0) is 19.1 Å². The minimum absolute atomic E-state index is 0.0161. The highest BCUT2D eigenvalue weighted by Crippen LogP contribution is 2.32. The zero-order chi connectivity index (χ0) is 20.1. The number of carbonyl (C=O) groups is 1. The molecule has 0 spiro atoms. The van der Waals surface area contributed by atoms with Crippen LogP contribution >= 0.6 is 11.3 Å². The number of amides is 1. The van der Waals surface area contributed by atoms with Crippen LogP contribution in [-0.2, 0) is 4.79 Å². The molecule has 0 fully saturated rings. The molecule has 3 rings (SSSR count). The number of ether oxygens (including phenoxy) is 2. The van der Waals surface area contributed by atoms with E-state index in [-0.39, 0.29) is 11.4 Å². The van der Waals surface area contributed by atoms with E-state index in [1.165, 1.54) is 43.6 Å². The van der Waals surface area contributed by atoms with Crippen molar-refractivity contribution in [1.29, 1.82) is 0 Å². The molecule has 0 radical (unpaired) electrons. The molecular weight excluding hydrogens is 382 g/mol. The summed E-state index contributed by atoms with van der Waals surface area (Å²) in [5.74, 6) is -0.149. The first kappa shape index (κ1) is 19.3. The number of methoxy groups -OCH3 is 1. The van der Waals surface area contributed by atoms with Gasteiger partial charge in [-0.1, -0.05) is 30.3 Å². The predicted octanol–water partition coefficient (Wildman–Crippen LogP) is 4.13. The molecule has 0 aliphatic rings. The molecule has 28 heavy (non-hydrogen) atoms. The molecule has 1 N–H and O–H groups in total. The lowest BCUT2D eigenvalue weighted by molar-refractivity contribution is -0.386. The lowest BCUT2D eigenvalue weighted by atomic mass is 10.2. The van der Waals surface area contributed by atoms with Crippen LogP contribution in [-0.4, -0.2) is 29.0 Å². The number of nitro groups is 1. The van der Waals surface area contributed by atoms with Crippen LogP contribution in [0.2, 0.25) is 0 Å². The molecule has 0 aliphatic heterocycles.